The molecule has 0 aliphatic heterocycles. The third-order valence-electron chi connectivity index (χ3n) is 5.64. The second kappa shape index (κ2) is 15.1. The first-order valence-corrected chi connectivity index (χ1v) is 12.1. The van der Waals surface area contributed by atoms with Gasteiger partial charge in [-0.2, -0.15) is 0 Å². The van der Waals surface area contributed by atoms with Gasteiger partial charge in [-0.05, 0) is 29.8 Å². The van der Waals surface area contributed by atoms with Crippen molar-refractivity contribution in [2.24, 2.45) is 11.5 Å². The minimum atomic E-state index is -0.936. The number of carbonyl (C=O) groups excluding carboxylic acids is 1. The fourth-order valence-corrected chi connectivity index (χ4v) is 3.46. The van der Waals surface area contributed by atoms with Gasteiger partial charge in [-0.15, -0.1) is 0 Å². The van der Waals surface area contributed by atoms with Crippen molar-refractivity contribution in [3.8, 4) is 34.0 Å². The molecule has 0 aliphatic rings. The number of benzene rings is 3. The summed E-state index contributed by atoms with van der Waals surface area (Å²) in [6.45, 7) is 0.566. The SMILES string of the molecule is NC(=O)c1ccc(-c2cnco2)cc1.NCc1ccc(-c2cnco2)cc1.O=C(O)c1ccc(-c2cnco2)cc1.[B]. The van der Waals surface area contributed by atoms with Gasteiger partial charge in [-0.3, -0.25) is 4.79 Å². The lowest BCUT2D eigenvalue weighted by molar-refractivity contribution is 0.0696. The molecule has 0 spiro atoms. The van der Waals surface area contributed by atoms with Crippen LogP contribution >= 0.6 is 0 Å². The molecule has 3 aromatic heterocycles. The maximum Gasteiger partial charge on any atom is 0.335 e. The maximum atomic E-state index is 10.8. The van der Waals surface area contributed by atoms with Crippen molar-refractivity contribution in [2.45, 2.75) is 6.54 Å². The second-order valence-electron chi connectivity index (χ2n) is 8.32. The van der Waals surface area contributed by atoms with Crippen LogP contribution in [-0.4, -0.2) is 40.3 Å². The van der Waals surface area contributed by atoms with E-state index < -0.39 is 11.9 Å². The van der Waals surface area contributed by atoms with E-state index >= 15 is 0 Å². The average molecular weight is 562 g/mol. The summed E-state index contributed by atoms with van der Waals surface area (Å²) in [4.78, 5) is 32.8. The highest BCUT2D eigenvalue weighted by Crippen LogP contribution is 2.20. The van der Waals surface area contributed by atoms with Gasteiger partial charge in [0.2, 0.25) is 5.91 Å². The summed E-state index contributed by atoms with van der Waals surface area (Å²) < 4.78 is 15.3. The van der Waals surface area contributed by atoms with Crippen LogP contribution < -0.4 is 11.5 Å². The lowest BCUT2D eigenvalue weighted by atomic mass is 10.1. The minimum Gasteiger partial charge on any atom is -0.478 e. The zero-order valence-electron chi connectivity index (χ0n) is 22.2. The first-order valence-electron chi connectivity index (χ1n) is 12.1. The molecule has 0 aliphatic carbocycles. The molecule has 12 heteroatoms. The van der Waals surface area contributed by atoms with E-state index in [1.165, 1.54) is 31.3 Å². The van der Waals surface area contributed by atoms with Gasteiger partial charge in [0.1, 0.15) is 0 Å². The standard InChI is InChI=1S/C10H8N2O2.C10H10N2O.C10H7NO3.B/c11-10(13)8-3-1-7(2-4-8)9-5-12-6-14-9;11-5-8-1-3-9(4-2-8)10-6-12-7-13-10;12-10(13)8-3-1-7(2-4-8)9-5-11-6-14-9;/h1-6H,(H2,11,13);1-4,6-7H,5,11H2;1-6H,(H,12,13);. The fourth-order valence-electron chi connectivity index (χ4n) is 3.46. The molecule has 3 radical (unpaired) electrons. The Morgan fingerprint density at radius 3 is 1.26 bits per heavy atom. The number of aromatic carboxylic acids is 1. The van der Waals surface area contributed by atoms with Crippen LogP contribution in [0.5, 0.6) is 0 Å². The quantitative estimate of drug-likeness (QED) is 0.236. The maximum absolute atomic E-state index is 10.8. The predicted molar refractivity (Wildman–Crippen MR) is 155 cm³/mol. The van der Waals surface area contributed by atoms with Crippen LogP contribution in [0.25, 0.3) is 34.0 Å². The number of oxazole rings is 3. The summed E-state index contributed by atoms with van der Waals surface area (Å²) in [5, 5.41) is 8.67. The number of aromatic nitrogens is 3. The number of nitrogens with two attached hydrogens (primary N) is 2. The monoisotopic (exact) mass is 562 g/mol. The number of hydrogen-bond acceptors (Lipinski definition) is 9. The van der Waals surface area contributed by atoms with Crippen LogP contribution in [0.15, 0.2) is 124 Å². The molecule has 0 unspecified atom stereocenters. The van der Waals surface area contributed by atoms with Crippen molar-refractivity contribution in [3.05, 3.63) is 127 Å². The van der Waals surface area contributed by atoms with E-state index in [-0.39, 0.29) is 14.0 Å². The van der Waals surface area contributed by atoms with Crippen LogP contribution in [0, 0.1) is 0 Å². The average Bonchev–Trinajstić information content (AvgIpc) is 3.82. The van der Waals surface area contributed by atoms with E-state index in [2.05, 4.69) is 15.0 Å². The zero-order valence-corrected chi connectivity index (χ0v) is 22.2. The van der Waals surface area contributed by atoms with Crippen molar-refractivity contribution >= 4 is 20.3 Å². The summed E-state index contributed by atoms with van der Waals surface area (Å²) in [7, 11) is 0. The third-order valence-corrected chi connectivity index (χ3v) is 5.64. The molecule has 1 amide bonds. The summed E-state index contributed by atoms with van der Waals surface area (Å²) in [5.41, 5.74) is 15.1. The van der Waals surface area contributed by atoms with Gasteiger partial charge in [0.25, 0.3) is 0 Å². The van der Waals surface area contributed by atoms with Gasteiger partial charge >= 0.3 is 5.97 Å². The summed E-state index contributed by atoms with van der Waals surface area (Å²) in [5.74, 6) is 0.703. The highest BCUT2D eigenvalue weighted by Gasteiger charge is 2.05. The number of primary amides is 1. The van der Waals surface area contributed by atoms with E-state index in [9.17, 15) is 9.59 Å². The van der Waals surface area contributed by atoms with Gasteiger partial charge in [0.15, 0.2) is 36.5 Å². The van der Waals surface area contributed by atoms with Gasteiger partial charge < -0.3 is 29.8 Å². The Morgan fingerprint density at radius 1 is 0.619 bits per heavy atom. The molecule has 11 nitrogen and oxygen atoms in total. The number of amides is 1. The van der Waals surface area contributed by atoms with Crippen LogP contribution in [0.4, 0.5) is 0 Å². The zero-order chi connectivity index (χ0) is 29.0. The normalized spacial score (nSPS) is 9.83. The predicted octanol–water partition coefficient (Wildman–Crippen LogP) is 4.90. The molecule has 6 aromatic rings. The second-order valence-corrected chi connectivity index (χ2v) is 8.32. The van der Waals surface area contributed by atoms with Crippen LogP contribution in [0.1, 0.15) is 26.3 Å². The molecule has 3 aromatic carbocycles. The van der Waals surface area contributed by atoms with Crippen molar-refractivity contribution in [1.82, 2.24) is 15.0 Å². The van der Waals surface area contributed by atoms with Crippen LogP contribution in [-0.2, 0) is 6.54 Å². The number of carboxylic acid groups (broad SMARTS) is 1. The first-order chi connectivity index (χ1) is 19.9. The number of carbonyl (C=O) groups is 2. The van der Waals surface area contributed by atoms with E-state index in [1.807, 2.05) is 24.3 Å². The van der Waals surface area contributed by atoms with E-state index in [0.717, 1.165) is 28.0 Å². The third kappa shape index (κ3) is 8.38. The molecule has 0 atom stereocenters. The molecule has 3 heterocycles. The molecule has 209 valence electrons. The number of hydrogen-bond donors (Lipinski definition) is 3. The highest BCUT2D eigenvalue weighted by atomic mass is 16.4. The van der Waals surface area contributed by atoms with Gasteiger partial charge in [0.05, 0.1) is 24.2 Å². The Hall–Kier alpha value is -5.75. The Balaban J connectivity index is 0.000000171. The van der Waals surface area contributed by atoms with Gasteiger partial charge in [-0.25, -0.2) is 19.7 Å². The molecule has 0 bridgehead atoms. The van der Waals surface area contributed by atoms with Crippen molar-refractivity contribution in [1.29, 1.82) is 0 Å². The van der Waals surface area contributed by atoms with E-state index in [0.29, 0.717) is 23.6 Å². The molecular weight excluding hydrogens is 537 g/mol. The lowest BCUT2D eigenvalue weighted by Gasteiger charge is -1.97. The van der Waals surface area contributed by atoms with Crippen LogP contribution in [0.2, 0.25) is 0 Å². The molecule has 5 N–H and O–H groups in total. The van der Waals surface area contributed by atoms with Crippen LogP contribution in [0.3, 0.4) is 0 Å². The Kier molecular flexibility index (Phi) is 11.1. The largest absolute Gasteiger partial charge is 0.478 e. The van der Waals surface area contributed by atoms with Gasteiger partial charge in [-0.1, -0.05) is 48.5 Å². The molecule has 42 heavy (non-hydrogen) atoms. The highest BCUT2D eigenvalue weighted by molar-refractivity contribution is 5.93. The Morgan fingerprint density at radius 2 is 0.976 bits per heavy atom. The number of rotatable bonds is 6. The van der Waals surface area contributed by atoms with Crippen molar-refractivity contribution in [2.75, 3.05) is 0 Å². The van der Waals surface area contributed by atoms with E-state index in [4.69, 9.17) is 29.8 Å². The van der Waals surface area contributed by atoms with Crippen molar-refractivity contribution < 1.29 is 27.9 Å². The van der Waals surface area contributed by atoms with Gasteiger partial charge in [0, 0.05) is 37.2 Å². The topological polar surface area (TPSA) is 184 Å². The molecular formula is C30H25BN5O6. The van der Waals surface area contributed by atoms with E-state index in [1.54, 1.807) is 55.0 Å². The number of nitrogens with zero attached hydrogens (tertiary/aromatic N) is 3. The fraction of sp³-hybridized carbons (Fsp3) is 0.0333. The summed E-state index contributed by atoms with van der Waals surface area (Å²) in [6, 6.07) is 21.2. The molecule has 0 saturated heterocycles. The lowest BCUT2D eigenvalue weighted by Crippen LogP contribution is -2.10. The van der Waals surface area contributed by atoms with Crippen molar-refractivity contribution in [3.63, 3.8) is 0 Å². The smallest absolute Gasteiger partial charge is 0.335 e. The molecule has 0 saturated carbocycles. The minimum absolute atomic E-state index is 0. The summed E-state index contributed by atoms with van der Waals surface area (Å²) in [6.07, 6.45) is 9.00. The molecule has 0 fully saturated rings. The summed E-state index contributed by atoms with van der Waals surface area (Å²) >= 11 is 0. The Labute approximate surface area is 242 Å². The number of carboxylic acids is 1. The Bertz CT molecular complexity index is 1550. The first kappa shape index (κ1) is 30.8. The molecule has 6 rings (SSSR count).